The highest BCUT2D eigenvalue weighted by Crippen LogP contribution is 2.35. The van der Waals surface area contributed by atoms with Gasteiger partial charge in [-0.3, -0.25) is 14.4 Å². The molecule has 0 radical (unpaired) electrons. The average Bonchev–Trinajstić information content (AvgIpc) is 2.74. The maximum atomic E-state index is 13.1. The summed E-state index contributed by atoms with van der Waals surface area (Å²) in [5.74, 6) is 0.566. The molecular formula is C22H31N3O4. The van der Waals surface area contributed by atoms with Crippen LogP contribution in [0.5, 0.6) is 0 Å². The molecule has 2 fully saturated rings. The van der Waals surface area contributed by atoms with Crippen LogP contribution in [-0.2, 0) is 20.9 Å². The second-order valence-corrected chi connectivity index (χ2v) is 8.75. The minimum absolute atomic E-state index is 0.0201. The Bertz CT molecular complexity index is 828. The summed E-state index contributed by atoms with van der Waals surface area (Å²) in [6.07, 6.45) is 6.59. The lowest BCUT2D eigenvalue weighted by molar-refractivity contribution is -0.134. The summed E-state index contributed by atoms with van der Waals surface area (Å²) in [6.45, 7) is 2.37. The van der Waals surface area contributed by atoms with Gasteiger partial charge in [-0.15, -0.1) is 0 Å². The van der Waals surface area contributed by atoms with E-state index in [1.807, 2.05) is 15.5 Å². The van der Waals surface area contributed by atoms with Gasteiger partial charge in [-0.25, -0.2) is 0 Å². The standard InChI is InChI=1S/C22H31N3O4/c1-29-10-9-20(26)24-12-15-11-17(14-24)19-8-7-18(22(28)25(19)13-15)23-21(27)16-5-3-2-4-6-16/h7-8,15-17H,2-6,9-14H2,1H3,(H,23,27)/t15-,17-/m1/s1. The zero-order valence-electron chi connectivity index (χ0n) is 17.2. The van der Waals surface area contributed by atoms with Crippen LogP contribution in [0.1, 0.15) is 56.6 Å². The number of anilines is 1. The zero-order valence-corrected chi connectivity index (χ0v) is 17.2. The van der Waals surface area contributed by atoms with Crippen LogP contribution in [0, 0.1) is 11.8 Å². The maximum Gasteiger partial charge on any atom is 0.274 e. The van der Waals surface area contributed by atoms with Crippen molar-refractivity contribution in [2.24, 2.45) is 11.8 Å². The Morgan fingerprint density at radius 3 is 2.69 bits per heavy atom. The molecule has 1 aliphatic carbocycles. The highest BCUT2D eigenvalue weighted by Gasteiger charge is 2.36. The smallest absolute Gasteiger partial charge is 0.274 e. The summed E-state index contributed by atoms with van der Waals surface area (Å²) in [5, 5.41) is 2.90. The Morgan fingerprint density at radius 2 is 1.93 bits per heavy atom. The molecule has 2 amide bonds. The Kier molecular flexibility index (Phi) is 6.04. The number of carbonyl (C=O) groups is 2. The second kappa shape index (κ2) is 8.69. The number of likely N-dealkylation sites (tertiary alicyclic amines) is 1. The van der Waals surface area contributed by atoms with Gasteiger partial charge in [-0.1, -0.05) is 19.3 Å². The Balaban J connectivity index is 1.49. The van der Waals surface area contributed by atoms with Crippen LogP contribution in [0.2, 0.25) is 0 Å². The lowest BCUT2D eigenvalue weighted by atomic mass is 9.83. The summed E-state index contributed by atoms with van der Waals surface area (Å²) >= 11 is 0. The molecule has 0 aromatic carbocycles. The van der Waals surface area contributed by atoms with Gasteiger partial charge in [0.25, 0.3) is 5.56 Å². The molecule has 1 N–H and O–H groups in total. The highest BCUT2D eigenvalue weighted by atomic mass is 16.5. The fourth-order valence-corrected chi connectivity index (χ4v) is 5.19. The molecule has 7 nitrogen and oxygen atoms in total. The number of ether oxygens (including phenoxy) is 1. The van der Waals surface area contributed by atoms with Gasteiger partial charge in [0.1, 0.15) is 5.69 Å². The van der Waals surface area contributed by atoms with Gasteiger partial charge in [0.05, 0.1) is 13.0 Å². The minimum Gasteiger partial charge on any atom is -0.384 e. The first-order chi connectivity index (χ1) is 14.1. The van der Waals surface area contributed by atoms with Crippen molar-refractivity contribution in [3.05, 3.63) is 28.2 Å². The van der Waals surface area contributed by atoms with Gasteiger partial charge in [0.2, 0.25) is 11.8 Å². The number of fused-ring (bicyclic) bond motifs is 4. The Labute approximate surface area is 171 Å². The van der Waals surface area contributed by atoms with Crippen LogP contribution < -0.4 is 10.9 Å². The number of hydrogen-bond acceptors (Lipinski definition) is 4. The first-order valence-corrected chi connectivity index (χ1v) is 10.9. The van der Waals surface area contributed by atoms with Crippen molar-refractivity contribution in [3.8, 4) is 0 Å². The van der Waals surface area contributed by atoms with Gasteiger partial charge >= 0.3 is 0 Å². The highest BCUT2D eigenvalue weighted by molar-refractivity contribution is 5.92. The Hall–Kier alpha value is -2.15. The number of aromatic nitrogens is 1. The summed E-state index contributed by atoms with van der Waals surface area (Å²) in [7, 11) is 1.60. The van der Waals surface area contributed by atoms with Crippen molar-refractivity contribution >= 4 is 17.5 Å². The van der Waals surface area contributed by atoms with Gasteiger partial charge in [0.15, 0.2) is 0 Å². The molecule has 2 aliphatic heterocycles. The number of pyridine rings is 1. The first kappa shape index (κ1) is 20.1. The van der Waals surface area contributed by atoms with Crippen molar-refractivity contribution in [1.82, 2.24) is 9.47 Å². The van der Waals surface area contributed by atoms with E-state index in [0.717, 1.165) is 37.8 Å². The van der Waals surface area contributed by atoms with E-state index in [-0.39, 0.29) is 35.1 Å². The van der Waals surface area contributed by atoms with E-state index in [4.69, 9.17) is 4.74 Å². The van der Waals surface area contributed by atoms with Crippen molar-refractivity contribution in [3.63, 3.8) is 0 Å². The van der Waals surface area contributed by atoms with Crippen LogP contribution in [0.25, 0.3) is 0 Å². The molecule has 2 bridgehead atoms. The molecule has 0 spiro atoms. The van der Waals surface area contributed by atoms with E-state index < -0.39 is 0 Å². The molecule has 3 heterocycles. The molecule has 1 saturated carbocycles. The molecule has 0 unspecified atom stereocenters. The number of nitrogens with one attached hydrogen (secondary N) is 1. The summed E-state index contributed by atoms with van der Waals surface area (Å²) in [5.41, 5.74) is 1.25. The predicted octanol–water partition coefficient (Wildman–Crippen LogP) is 2.35. The number of piperidine rings is 1. The number of hydrogen-bond donors (Lipinski definition) is 1. The third kappa shape index (κ3) is 4.25. The number of rotatable bonds is 5. The molecule has 2 atom stereocenters. The van der Waals surface area contributed by atoms with E-state index in [9.17, 15) is 14.4 Å². The normalized spacial score (nSPS) is 24.1. The largest absolute Gasteiger partial charge is 0.384 e. The first-order valence-electron chi connectivity index (χ1n) is 10.9. The number of nitrogens with zero attached hydrogens (tertiary/aromatic N) is 2. The molecule has 158 valence electrons. The van der Waals surface area contributed by atoms with Crippen molar-refractivity contribution < 1.29 is 14.3 Å². The lowest BCUT2D eigenvalue weighted by Gasteiger charge is -2.43. The van der Waals surface area contributed by atoms with Gasteiger partial charge < -0.3 is 19.5 Å². The van der Waals surface area contributed by atoms with E-state index in [2.05, 4.69) is 5.32 Å². The zero-order chi connectivity index (χ0) is 20.4. The van der Waals surface area contributed by atoms with E-state index in [1.54, 1.807) is 13.2 Å². The second-order valence-electron chi connectivity index (χ2n) is 8.75. The van der Waals surface area contributed by atoms with Crippen molar-refractivity contribution in [2.45, 2.75) is 57.4 Å². The molecule has 3 aliphatic rings. The fourth-order valence-electron chi connectivity index (χ4n) is 5.19. The van der Waals surface area contributed by atoms with Crippen molar-refractivity contribution in [1.29, 1.82) is 0 Å². The molecule has 4 rings (SSSR count). The SMILES string of the molecule is COCCC(=O)N1C[C@H]2C[C@H](C1)c1ccc(NC(=O)C3CCCCC3)c(=O)n1C2. The van der Waals surface area contributed by atoms with Crippen LogP contribution in [0.3, 0.4) is 0 Å². The van der Waals surface area contributed by atoms with Crippen molar-refractivity contribution in [2.75, 3.05) is 32.1 Å². The van der Waals surface area contributed by atoms with Crippen LogP contribution in [0.15, 0.2) is 16.9 Å². The van der Waals surface area contributed by atoms with Gasteiger partial charge in [-0.2, -0.15) is 0 Å². The van der Waals surface area contributed by atoms with Crippen LogP contribution >= 0.6 is 0 Å². The molecule has 29 heavy (non-hydrogen) atoms. The number of amides is 2. The predicted molar refractivity (Wildman–Crippen MR) is 110 cm³/mol. The molecule has 1 saturated heterocycles. The molecule has 7 heteroatoms. The molecule has 1 aromatic rings. The molecule has 1 aromatic heterocycles. The summed E-state index contributed by atoms with van der Waals surface area (Å²) in [6, 6.07) is 3.71. The third-order valence-electron chi connectivity index (χ3n) is 6.71. The summed E-state index contributed by atoms with van der Waals surface area (Å²) in [4.78, 5) is 40.0. The summed E-state index contributed by atoms with van der Waals surface area (Å²) < 4.78 is 6.86. The quantitative estimate of drug-likeness (QED) is 0.821. The maximum absolute atomic E-state index is 13.1. The molecular weight excluding hydrogens is 370 g/mol. The van der Waals surface area contributed by atoms with Gasteiger partial charge in [0, 0.05) is 44.3 Å². The lowest BCUT2D eigenvalue weighted by Crippen LogP contribution is -2.49. The monoisotopic (exact) mass is 401 g/mol. The van der Waals surface area contributed by atoms with Gasteiger partial charge in [-0.05, 0) is 37.3 Å². The van der Waals surface area contributed by atoms with Crippen LogP contribution in [-0.4, -0.2) is 48.1 Å². The third-order valence-corrected chi connectivity index (χ3v) is 6.71. The average molecular weight is 402 g/mol. The Morgan fingerprint density at radius 1 is 1.14 bits per heavy atom. The fraction of sp³-hybridized carbons (Fsp3) is 0.682. The van der Waals surface area contributed by atoms with E-state index in [0.29, 0.717) is 38.3 Å². The number of methoxy groups -OCH3 is 1. The number of carbonyl (C=O) groups excluding carboxylic acids is 2. The van der Waals surface area contributed by atoms with E-state index in [1.165, 1.54) is 6.42 Å². The minimum atomic E-state index is -0.111. The topological polar surface area (TPSA) is 80.6 Å². The van der Waals surface area contributed by atoms with Crippen LogP contribution in [0.4, 0.5) is 5.69 Å². The van der Waals surface area contributed by atoms with E-state index >= 15 is 0 Å².